The second-order valence-corrected chi connectivity index (χ2v) is 4.81. The van der Waals surface area contributed by atoms with E-state index in [1.54, 1.807) is 31.2 Å². The molecule has 0 fully saturated rings. The third-order valence-electron chi connectivity index (χ3n) is 3.39. The van der Waals surface area contributed by atoms with Crippen LogP contribution in [0.2, 0.25) is 0 Å². The minimum absolute atomic E-state index is 0.0482. The number of rotatable bonds is 5. The smallest absolute Gasteiger partial charge is 0.269 e. The van der Waals surface area contributed by atoms with Gasteiger partial charge in [0.25, 0.3) is 5.69 Å². The molecular formula is C16H15NO4. The molecule has 2 aromatic rings. The van der Waals surface area contributed by atoms with Crippen molar-refractivity contribution in [3.8, 4) is 0 Å². The van der Waals surface area contributed by atoms with Crippen molar-refractivity contribution in [2.45, 2.75) is 13.0 Å². The van der Waals surface area contributed by atoms with E-state index in [9.17, 15) is 20.0 Å². The molecule has 1 N–H and O–H groups in total. The van der Waals surface area contributed by atoms with Gasteiger partial charge in [-0.3, -0.25) is 14.9 Å². The SMILES string of the molecule is C[C@H](C(=O)c1ccccc1)[C@H](O)c1ccc([N+](=O)[O-])cc1. The molecule has 0 aliphatic heterocycles. The van der Waals surface area contributed by atoms with Crippen molar-refractivity contribution < 1.29 is 14.8 Å². The van der Waals surface area contributed by atoms with E-state index in [0.29, 0.717) is 11.1 Å². The van der Waals surface area contributed by atoms with Gasteiger partial charge in [0.2, 0.25) is 0 Å². The Morgan fingerprint density at radius 2 is 1.67 bits per heavy atom. The highest BCUT2D eigenvalue weighted by Crippen LogP contribution is 2.26. The number of hydrogen-bond acceptors (Lipinski definition) is 4. The summed E-state index contributed by atoms with van der Waals surface area (Å²) < 4.78 is 0. The first-order valence-electron chi connectivity index (χ1n) is 6.52. The summed E-state index contributed by atoms with van der Waals surface area (Å²) >= 11 is 0. The first-order valence-corrected chi connectivity index (χ1v) is 6.52. The van der Waals surface area contributed by atoms with E-state index in [4.69, 9.17) is 0 Å². The third-order valence-corrected chi connectivity index (χ3v) is 3.39. The van der Waals surface area contributed by atoms with Crippen LogP contribution in [0.5, 0.6) is 0 Å². The molecule has 21 heavy (non-hydrogen) atoms. The molecule has 0 saturated carbocycles. The van der Waals surface area contributed by atoms with Gasteiger partial charge in [-0.25, -0.2) is 0 Å². The van der Waals surface area contributed by atoms with Gasteiger partial charge < -0.3 is 5.11 Å². The van der Waals surface area contributed by atoms with Crippen LogP contribution in [0.3, 0.4) is 0 Å². The summed E-state index contributed by atoms with van der Waals surface area (Å²) in [6.45, 7) is 1.64. The standard InChI is InChI=1S/C16H15NO4/c1-11(15(18)12-5-3-2-4-6-12)16(19)13-7-9-14(10-8-13)17(20)21/h2-11,16,19H,1H3/t11-,16+/m1/s1. The fourth-order valence-electron chi connectivity index (χ4n) is 2.09. The molecule has 0 amide bonds. The number of aliphatic hydroxyl groups is 1. The van der Waals surface area contributed by atoms with Crippen molar-refractivity contribution in [2.75, 3.05) is 0 Å². The zero-order chi connectivity index (χ0) is 15.4. The molecule has 0 heterocycles. The van der Waals surface area contributed by atoms with Crippen LogP contribution in [-0.2, 0) is 0 Å². The summed E-state index contributed by atoms with van der Waals surface area (Å²) in [4.78, 5) is 22.4. The Bertz CT molecular complexity index is 637. The van der Waals surface area contributed by atoms with E-state index in [-0.39, 0.29) is 11.5 Å². The molecule has 0 aromatic heterocycles. The summed E-state index contributed by atoms with van der Waals surface area (Å²) in [6, 6.07) is 14.3. The Kier molecular flexibility index (Phi) is 4.45. The van der Waals surface area contributed by atoms with Crippen LogP contribution in [0.25, 0.3) is 0 Å². The maximum atomic E-state index is 12.3. The van der Waals surface area contributed by atoms with E-state index < -0.39 is 16.9 Å². The van der Waals surface area contributed by atoms with Crippen molar-refractivity contribution in [3.05, 3.63) is 75.8 Å². The fraction of sp³-hybridized carbons (Fsp3) is 0.188. The third kappa shape index (κ3) is 3.32. The summed E-state index contributed by atoms with van der Waals surface area (Å²) in [5, 5.41) is 20.9. The first-order chi connectivity index (χ1) is 10.0. The number of Topliss-reactive ketones (excluding diaryl/α,β-unsaturated/α-hetero) is 1. The van der Waals surface area contributed by atoms with E-state index >= 15 is 0 Å². The number of benzene rings is 2. The average Bonchev–Trinajstić information content (AvgIpc) is 2.53. The van der Waals surface area contributed by atoms with Crippen LogP contribution >= 0.6 is 0 Å². The Morgan fingerprint density at radius 3 is 2.19 bits per heavy atom. The Labute approximate surface area is 122 Å². The van der Waals surface area contributed by atoms with Gasteiger partial charge in [-0.2, -0.15) is 0 Å². The Morgan fingerprint density at radius 1 is 1.10 bits per heavy atom. The maximum absolute atomic E-state index is 12.3. The van der Waals surface area contributed by atoms with Gasteiger partial charge in [-0.05, 0) is 17.7 Å². The largest absolute Gasteiger partial charge is 0.388 e. The van der Waals surface area contributed by atoms with Crippen LogP contribution in [-0.4, -0.2) is 15.8 Å². The normalized spacial score (nSPS) is 13.4. The molecule has 0 unspecified atom stereocenters. The van der Waals surface area contributed by atoms with Crippen molar-refractivity contribution in [2.24, 2.45) is 5.92 Å². The van der Waals surface area contributed by atoms with Crippen molar-refractivity contribution in [1.82, 2.24) is 0 Å². The Hall–Kier alpha value is -2.53. The molecule has 0 bridgehead atoms. The molecule has 2 rings (SSSR count). The van der Waals surface area contributed by atoms with Crippen LogP contribution < -0.4 is 0 Å². The highest BCUT2D eigenvalue weighted by atomic mass is 16.6. The summed E-state index contributed by atoms with van der Waals surface area (Å²) in [7, 11) is 0. The van der Waals surface area contributed by atoms with Crippen molar-refractivity contribution >= 4 is 11.5 Å². The van der Waals surface area contributed by atoms with E-state index in [0.717, 1.165) is 0 Å². The number of nitrogens with zero attached hydrogens (tertiary/aromatic N) is 1. The lowest BCUT2D eigenvalue weighted by Crippen LogP contribution is -2.19. The van der Waals surface area contributed by atoms with Gasteiger partial charge in [-0.15, -0.1) is 0 Å². The maximum Gasteiger partial charge on any atom is 0.269 e. The molecular weight excluding hydrogens is 270 g/mol. The van der Waals surface area contributed by atoms with Crippen LogP contribution in [0.1, 0.15) is 28.9 Å². The number of nitro groups is 1. The molecule has 108 valence electrons. The fourth-order valence-corrected chi connectivity index (χ4v) is 2.09. The van der Waals surface area contributed by atoms with Gasteiger partial charge in [0.05, 0.1) is 11.0 Å². The van der Waals surface area contributed by atoms with E-state index in [2.05, 4.69) is 0 Å². The number of ketones is 1. The van der Waals surface area contributed by atoms with Crippen LogP contribution in [0.4, 0.5) is 5.69 Å². The number of non-ortho nitro benzene ring substituents is 1. The van der Waals surface area contributed by atoms with Crippen molar-refractivity contribution in [1.29, 1.82) is 0 Å². The average molecular weight is 285 g/mol. The van der Waals surface area contributed by atoms with Gasteiger partial charge in [0.15, 0.2) is 5.78 Å². The molecule has 2 aromatic carbocycles. The van der Waals surface area contributed by atoms with Gasteiger partial charge in [0.1, 0.15) is 0 Å². The second kappa shape index (κ2) is 6.28. The molecule has 5 nitrogen and oxygen atoms in total. The molecule has 0 spiro atoms. The molecule has 2 atom stereocenters. The summed E-state index contributed by atoms with van der Waals surface area (Å²) in [6.07, 6.45) is -1.00. The lowest BCUT2D eigenvalue weighted by molar-refractivity contribution is -0.384. The highest BCUT2D eigenvalue weighted by molar-refractivity contribution is 5.98. The number of carbonyl (C=O) groups excluding carboxylic acids is 1. The van der Waals surface area contributed by atoms with Gasteiger partial charge >= 0.3 is 0 Å². The number of hydrogen-bond donors (Lipinski definition) is 1. The predicted octanol–water partition coefficient (Wildman–Crippen LogP) is 3.15. The zero-order valence-electron chi connectivity index (χ0n) is 11.5. The predicted molar refractivity (Wildman–Crippen MR) is 78.0 cm³/mol. The zero-order valence-corrected chi connectivity index (χ0v) is 11.5. The van der Waals surface area contributed by atoms with Gasteiger partial charge in [0, 0.05) is 23.6 Å². The summed E-state index contributed by atoms with van der Waals surface area (Å²) in [5.74, 6) is -0.796. The number of carbonyl (C=O) groups is 1. The van der Waals surface area contributed by atoms with E-state index in [1.165, 1.54) is 24.3 Å². The highest BCUT2D eigenvalue weighted by Gasteiger charge is 2.24. The Balaban J connectivity index is 2.17. The molecule has 0 radical (unpaired) electrons. The molecule has 0 saturated heterocycles. The lowest BCUT2D eigenvalue weighted by atomic mass is 9.90. The molecule has 0 aliphatic carbocycles. The topological polar surface area (TPSA) is 80.4 Å². The van der Waals surface area contributed by atoms with Crippen LogP contribution in [0, 0.1) is 16.0 Å². The van der Waals surface area contributed by atoms with Crippen molar-refractivity contribution in [3.63, 3.8) is 0 Å². The minimum atomic E-state index is -1.00. The molecule has 0 aliphatic rings. The van der Waals surface area contributed by atoms with Gasteiger partial charge in [-0.1, -0.05) is 37.3 Å². The number of nitro benzene ring substituents is 1. The van der Waals surface area contributed by atoms with E-state index in [1.807, 2.05) is 6.07 Å². The van der Waals surface area contributed by atoms with Crippen LogP contribution in [0.15, 0.2) is 54.6 Å². The quantitative estimate of drug-likeness (QED) is 0.520. The monoisotopic (exact) mass is 285 g/mol. The summed E-state index contributed by atoms with van der Waals surface area (Å²) in [5.41, 5.74) is 0.969. The second-order valence-electron chi connectivity index (χ2n) is 4.81. The minimum Gasteiger partial charge on any atom is -0.388 e. The lowest BCUT2D eigenvalue weighted by Gasteiger charge is -2.18. The number of aliphatic hydroxyl groups excluding tert-OH is 1. The molecule has 5 heteroatoms. The first kappa shape index (κ1) is 14.9.